The quantitative estimate of drug-likeness (QED) is 0.240. The van der Waals surface area contributed by atoms with Crippen LogP contribution < -0.4 is 5.32 Å². The number of nitrogens with zero attached hydrogens (tertiary/aromatic N) is 2. The number of carbonyl (C=O) groups is 1. The van der Waals surface area contributed by atoms with E-state index in [0.29, 0.717) is 35.7 Å². The van der Waals surface area contributed by atoms with E-state index in [-0.39, 0.29) is 5.82 Å². The maximum absolute atomic E-state index is 13.8. The number of carboxylic acids is 1. The first-order valence-corrected chi connectivity index (χ1v) is 12.3. The highest BCUT2D eigenvalue weighted by Gasteiger charge is 2.51. The fourth-order valence-corrected chi connectivity index (χ4v) is 4.83. The standard InChI is InChI=1S/C31H24FN3O3/c1-19-28(34-25-16-22(17-33-18-25)21-5-4-6-24(32)15-21)29(38-35-19)27-8-3-2-7-26(27)20-9-11-23(12-10-20)31(13-14-31)30(36)37/h2-12,15-18,34H,13-14H2,1H3,(H,36,37). The molecule has 2 heterocycles. The molecule has 1 saturated carbocycles. The predicted molar refractivity (Wildman–Crippen MR) is 144 cm³/mol. The Morgan fingerprint density at radius 3 is 2.39 bits per heavy atom. The second-order valence-electron chi connectivity index (χ2n) is 9.58. The SMILES string of the molecule is Cc1noc(-c2ccccc2-c2ccc(C3(C(=O)O)CC3)cc2)c1Nc1cncc(-c2cccc(F)c2)c1. The summed E-state index contributed by atoms with van der Waals surface area (Å²) in [6.07, 6.45) is 4.72. The van der Waals surface area contributed by atoms with E-state index in [1.165, 1.54) is 12.1 Å². The van der Waals surface area contributed by atoms with E-state index in [1.807, 2.05) is 67.6 Å². The molecule has 6 rings (SSSR count). The second kappa shape index (κ2) is 9.27. The summed E-state index contributed by atoms with van der Waals surface area (Å²) in [6, 6.07) is 23.9. The topological polar surface area (TPSA) is 88.2 Å². The van der Waals surface area contributed by atoms with Crippen LogP contribution in [0.2, 0.25) is 0 Å². The van der Waals surface area contributed by atoms with Crippen LogP contribution in [0.25, 0.3) is 33.6 Å². The van der Waals surface area contributed by atoms with Crippen molar-refractivity contribution in [3.8, 4) is 33.6 Å². The maximum atomic E-state index is 13.8. The van der Waals surface area contributed by atoms with E-state index in [2.05, 4.69) is 15.5 Å². The van der Waals surface area contributed by atoms with Gasteiger partial charge in [0.2, 0.25) is 0 Å². The summed E-state index contributed by atoms with van der Waals surface area (Å²) in [6.45, 7) is 1.86. The van der Waals surface area contributed by atoms with E-state index >= 15 is 0 Å². The highest BCUT2D eigenvalue weighted by atomic mass is 19.1. The zero-order valence-corrected chi connectivity index (χ0v) is 20.6. The number of rotatable bonds is 7. The molecule has 2 aromatic heterocycles. The van der Waals surface area contributed by atoms with Crippen molar-refractivity contribution in [3.05, 3.63) is 108 Å². The molecule has 0 unspecified atom stereocenters. The molecule has 5 aromatic rings. The van der Waals surface area contributed by atoms with Crippen LogP contribution >= 0.6 is 0 Å². The van der Waals surface area contributed by atoms with Crippen molar-refractivity contribution in [2.45, 2.75) is 25.2 Å². The number of anilines is 2. The van der Waals surface area contributed by atoms with Gasteiger partial charge in [-0.05, 0) is 60.2 Å². The van der Waals surface area contributed by atoms with Crippen LogP contribution in [0.4, 0.5) is 15.8 Å². The van der Waals surface area contributed by atoms with Gasteiger partial charge in [-0.15, -0.1) is 0 Å². The number of benzene rings is 3. The Balaban J connectivity index is 1.34. The van der Waals surface area contributed by atoms with E-state index in [0.717, 1.165) is 33.4 Å². The third-order valence-corrected chi connectivity index (χ3v) is 7.11. The molecule has 0 bridgehead atoms. The first kappa shape index (κ1) is 23.6. The summed E-state index contributed by atoms with van der Waals surface area (Å²) in [5.41, 5.74) is 6.41. The van der Waals surface area contributed by atoms with E-state index in [9.17, 15) is 14.3 Å². The van der Waals surface area contributed by atoms with Gasteiger partial charge in [0.15, 0.2) is 5.76 Å². The predicted octanol–water partition coefficient (Wildman–Crippen LogP) is 7.38. The zero-order valence-electron chi connectivity index (χ0n) is 20.6. The first-order chi connectivity index (χ1) is 18.4. The van der Waals surface area contributed by atoms with Gasteiger partial charge in [0.25, 0.3) is 0 Å². The fraction of sp³-hybridized carbons (Fsp3) is 0.129. The lowest BCUT2D eigenvalue weighted by molar-refractivity contribution is -0.140. The Hall–Kier alpha value is -4.78. The molecule has 0 spiro atoms. The second-order valence-corrected chi connectivity index (χ2v) is 9.58. The molecule has 3 aromatic carbocycles. The minimum Gasteiger partial charge on any atom is -0.481 e. The van der Waals surface area contributed by atoms with E-state index in [1.54, 1.807) is 18.5 Å². The van der Waals surface area contributed by atoms with Crippen LogP contribution in [0.1, 0.15) is 24.1 Å². The van der Waals surface area contributed by atoms with Gasteiger partial charge in [-0.25, -0.2) is 4.39 Å². The monoisotopic (exact) mass is 505 g/mol. The number of hydrogen-bond acceptors (Lipinski definition) is 5. The number of aromatic nitrogens is 2. The minimum atomic E-state index is -0.769. The maximum Gasteiger partial charge on any atom is 0.314 e. The molecule has 7 heteroatoms. The molecule has 0 atom stereocenters. The summed E-state index contributed by atoms with van der Waals surface area (Å²) in [4.78, 5) is 16.1. The average molecular weight is 506 g/mol. The number of hydrogen-bond donors (Lipinski definition) is 2. The molecule has 38 heavy (non-hydrogen) atoms. The number of halogens is 1. The molecule has 0 saturated heterocycles. The fourth-order valence-electron chi connectivity index (χ4n) is 4.83. The molecule has 0 radical (unpaired) electrons. The highest BCUT2D eigenvalue weighted by Crippen LogP contribution is 2.49. The van der Waals surface area contributed by atoms with Crippen molar-refractivity contribution in [1.29, 1.82) is 0 Å². The summed E-state index contributed by atoms with van der Waals surface area (Å²) in [5, 5.41) is 17.2. The van der Waals surface area contributed by atoms with E-state index in [4.69, 9.17) is 4.52 Å². The Bertz CT molecular complexity index is 1660. The molecule has 0 amide bonds. The van der Waals surface area contributed by atoms with Crippen molar-refractivity contribution in [2.24, 2.45) is 0 Å². The minimum absolute atomic E-state index is 0.307. The van der Waals surface area contributed by atoms with Gasteiger partial charge in [0.05, 0.1) is 17.3 Å². The normalized spacial score (nSPS) is 13.7. The number of aryl methyl sites for hydroxylation is 1. The van der Waals surface area contributed by atoms with Crippen LogP contribution in [0, 0.1) is 12.7 Å². The molecule has 2 N–H and O–H groups in total. The van der Waals surface area contributed by atoms with Crippen LogP contribution in [0.15, 0.2) is 95.8 Å². The summed E-state index contributed by atoms with van der Waals surface area (Å²) in [5.74, 6) is -0.505. The van der Waals surface area contributed by atoms with Crippen LogP contribution in [0.3, 0.4) is 0 Å². The van der Waals surface area contributed by atoms with Gasteiger partial charge in [-0.3, -0.25) is 9.78 Å². The Morgan fingerprint density at radius 1 is 0.921 bits per heavy atom. The van der Waals surface area contributed by atoms with Crippen molar-refractivity contribution in [1.82, 2.24) is 10.1 Å². The number of pyridine rings is 1. The number of nitrogens with one attached hydrogen (secondary N) is 1. The number of aliphatic carboxylic acids is 1. The van der Waals surface area contributed by atoms with Crippen molar-refractivity contribution in [2.75, 3.05) is 5.32 Å². The molecule has 1 aliphatic rings. The third-order valence-electron chi connectivity index (χ3n) is 7.11. The van der Waals surface area contributed by atoms with Gasteiger partial charge in [-0.2, -0.15) is 0 Å². The molecular weight excluding hydrogens is 481 g/mol. The lowest BCUT2D eigenvalue weighted by Crippen LogP contribution is -2.19. The van der Waals surface area contributed by atoms with Gasteiger partial charge < -0.3 is 14.9 Å². The van der Waals surface area contributed by atoms with Crippen molar-refractivity contribution in [3.63, 3.8) is 0 Å². The van der Waals surface area contributed by atoms with Gasteiger partial charge >= 0.3 is 5.97 Å². The molecule has 188 valence electrons. The van der Waals surface area contributed by atoms with Gasteiger partial charge in [0, 0.05) is 17.3 Å². The molecule has 6 nitrogen and oxygen atoms in total. The van der Waals surface area contributed by atoms with Crippen LogP contribution in [0.5, 0.6) is 0 Å². The molecular formula is C31H24FN3O3. The molecule has 1 aliphatic carbocycles. The third kappa shape index (κ3) is 4.22. The first-order valence-electron chi connectivity index (χ1n) is 12.3. The van der Waals surface area contributed by atoms with E-state index < -0.39 is 11.4 Å². The lowest BCUT2D eigenvalue weighted by atomic mass is 9.92. The summed E-state index contributed by atoms with van der Waals surface area (Å²) >= 11 is 0. The lowest BCUT2D eigenvalue weighted by Gasteiger charge is -2.13. The average Bonchev–Trinajstić information content (AvgIpc) is 3.68. The summed E-state index contributed by atoms with van der Waals surface area (Å²) in [7, 11) is 0. The van der Waals surface area contributed by atoms with Crippen LogP contribution in [-0.2, 0) is 10.2 Å². The highest BCUT2D eigenvalue weighted by molar-refractivity contribution is 5.89. The van der Waals surface area contributed by atoms with Crippen molar-refractivity contribution < 1.29 is 18.8 Å². The number of carboxylic acid groups (broad SMARTS) is 1. The van der Waals surface area contributed by atoms with Crippen LogP contribution in [-0.4, -0.2) is 21.2 Å². The Labute approximate surface area is 218 Å². The Kier molecular flexibility index (Phi) is 5.76. The molecule has 0 aliphatic heterocycles. The van der Waals surface area contributed by atoms with Crippen molar-refractivity contribution >= 4 is 17.3 Å². The van der Waals surface area contributed by atoms with Gasteiger partial charge in [0.1, 0.15) is 17.2 Å². The Morgan fingerprint density at radius 2 is 1.68 bits per heavy atom. The largest absolute Gasteiger partial charge is 0.481 e. The smallest absolute Gasteiger partial charge is 0.314 e. The van der Waals surface area contributed by atoms with Gasteiger partial charge in [-0.1, -0.05) is 65.8 Å². The molecule has 1 fully saturated rings. The zero-order chi connectivity index (χ0) is 26.3. The summed E-state index contributed by atoms with van der Waals surface area (Å²) < 4.78 is 19.6.